The van der Waals surface area contributed by atoms with E-state index in [1.54, 1.807) is 16.5 Å². The van der Waals surface area contributed by atoms with Crippen molar-refractivity contribution in [2.75, 3.05) is 0 Å². The number of para-hydroxylation sites is 2. The van der Waals surface area contributed by atoms with Crippen molar-refractivity contribution < 1.29 is 4.92 Å². The SMILES string of the molecule is O=c1c2ccccc2c(Cc2cccc([N+](=O)[O-])c2)c2[nH]c3ccccc3n12. The summed E-state index contributed by atoms with van der Waals surface area (Å²) in [5.41, 5.74) is 4.14. The first-order chi connectivity index (χ1) is 13.6. The van der Waals surface area contributed by atoms with Crippen molar-refractivity contribution in [3.8, 4) is 0 Å². The highest BCUT2D eigenvalue weighted by molar-refractivity contribution is 5.93. The van der Waals surface area contributed by atoms with Crippen LogP contribution in [0.25, 0.3) is 27.5 Å². The predicted octanol–water partition coefficient (Wildman–Crippen LogP) is 4.43. The number of hydrogen-bond donors (Lipinski definition) is 1. The summed E-state index contributed by atoms with van der Waals surface area (Å²) >= 11 is 0. The Labute approximate surface area is 158 Å². The summed E-state index contributed by atoms with van der Waals surface area (Å²) in [6.45, 7) is 0. The van der Waals surface area contributed by atoms with Gasteiger partial charge in [0.2, 0.25) is 0 Å². The van der Waals surface area contributed by atoms with Crippen LogP contribution in [0, 0.1) is 10.1 Å². The minimum atomic E-state index is -0.393. The fourth-order valence-corrected chi connectivity index (χ4v) is 3.84. The van der Waals surface area contributed by atoms with Crippen molar-refractivity contribution >= 4 is 33.1 Å². The molecule has 6 heteroatoms. The van der Waals surface area contributed by atoms with Gasteiger partial charge in [-0.15, -0.1) is 0 Å². The van der Waals surface area contributed by atoms with E-state index in [2.05, 4.69) is 4.98 Å². The number of fused-ring (bicyclic) bond motifs is 4. The van der Waals surface area contributed by atoms with Gasteiger partial charge >= 0.3 is 0 Å². The lowest BCUT2D eigenvalue weighted by Gasteiger charge is -2.09. The zero-order valence-corrected chi connectivity index (χ0v) is 14.8. The van der Waals surface area contributed by atoms with Crippen LogP contribution in [-0.2, 0) is 6.42 Å². The van der Waals surface area contributed by atoms with Crippen molar-refractivity contribution in [3.63, 3.8) is 0 Å². The first-order valence-electron chi connectivity index (χ1n) is 8.90. The van der Waals surface area contributed by atoms with Gasteiger partial charge in [-0.2, -0.15) is 0 Å². The molecule has 0 atom stereocenters. The Bertz CT molecular complexity index is 1450. The number of pyridine rings is 1. The molecule has 28 heavy (non-hydrogen) atoms. The number of nitrogens with one attached hydrogen (secondary N) is 1. The van der Waals surface area contributed by atoms with Crippen LogP contribution in [0.4, 0.5) is 5.69 Å². The minimum absolute atomic E-state index is 0.0581. The number of imidazole rings is 1. The van der Waals surface area contributed by atoms with E-state index in [0.29, 0.717) is 11.8 Å². The van der Waals surface area contributed by atoms with Gasteiger partial charge in [-0.1, -0.05) is 42.5 Å². The molecule has 0 bridgehead atoms. The first-order valence-corrected chi connectivity index (χ1v) is 8.90. The van der Waals surface area contributed by atoms with Crippen LogP contribution in [0.2, 0.25) is 0 Å². The lowest BCUT2D eigenvalue weighted by Crippen LogP contribution is -2.15. The smallest absolute Gasteiger partial charge is 0.269 e. The second-order valence-electron chi connectivity index (χ2n) is 6.76. The Morgan fingerprint density at radius 2 is 1.68 bits per heavy atom. The zero-order valence-electron chi connectivity index (χ0n) is 14.8. The van der Waals surface area contributed by atoms with Crippen LogP contribution in [0.15, 0.2) is 77.6 Å². The topological polar surface area (TPSA) is 80.4 Å². The van der Waals surface area contributed by atoms with Crippen LogP contribution in [0.3, 0.4) is 0 Å². The molecule has 0 radical (unpaired) electrons. The molecule has 5 aromatic rings. The van der Waals surface area contributed by atoms with E-state index in [4.69, 9.17) is 0 Å². The molecule has 6 nitrogen and oxygen atoms in total. The Morgan fingerprint density at radius 1 is 0.929 bits per heavy atom. The maximum atomic E-state index is 13.2. The highest BCUT2D eigenvalue weighted by atomic mass is 16.6. The number of nitrogens with zero attached hydrogens (tertiary/aromatic N) is 2. The molecular formula is C22H15N3O3. The largest absolute Gasteiger partial charge is 0.339 e. The number of nitro groups is 1. The van der Waals surface area contributed by atoms with Gasteiger partial charge in [0.25, 0.3) is 11.2 Å². The summed E-state index contributed by atoms with van der Waals surface area (Å²) in [5.74, 6) is 0. The van der Waals surface area contributed by atoms with E-state index in [-0.39, 0.29) is 11.2 Å². The van der Waals surface area contributed by atoms with Crippen molar-refractivity contribution in [3.05, 3.63) is 104 Å². The van der Waals surface area contributed by atoms with Gasteiger partial charge in [0.1, 0.15) is 5.65 Å². The number of benzene rings is 3. The van der Waals surface area contributed by atoms with Gasteiger partial charge < -0.3 is 4.98 Å². The van der Waals surface area contributed by atoms with Gasteiger partial charge in [-0.05, 0) is 29.1 Å². The zero-order chi connectivity index (χ0) is 19.3. The number of H-pyrrole nitrogens is 1. The maximum Gasteiger partial charge on any atom is 0.269 e. The molecule has 0 amide bonds. The molecule has 3 aromatic carbocycles. The van der Waals surface area contributed by atoms with Gasteiger partial charge in [0.05, 0.1) is 16.0 Å². The summed E-state index contributed by atoms with van der Waals surface area (Å²) < 4.78 is 1.70. The summed E-state index contributed by atoms with van der Waals surface area (Å²) in [7, 11) is 0. The third-order valence-electron chi connectivity index (χ3n) is 5.10. The molecule has 0 aliphatic heterocycles. The number of hydrogen-bond acceptors (Lipinski definition) is 3. The molecule has 0 unspecified atom stereocenters. The molecule has 136 valence electrons. The van der Waals surface area contributed by atoms with Crippen molar-refractivity contribution in [1.82, 2.24) is 9.38 Å². The molecule has 0 saturated heterocycles. The van der Waals surface area contributed by atoms with Crippen LogP contribution < -0.4 is 5.56 Å². The van der Waals surface area contributed by atoms with Gasteiger partial charge in [0, 0.05) is 29.5 Å². The van der Waals surface area contributed by atoms with Crippen LogP contribution in [0.5, 0.6) is 0 Å². The summed E-state index contributed by atoms with van der Waals surface area (Å²) in [6.07, 6.45) is 0.471. The first kappa shape index (κ1) is 16.3. The molecule has 0 saturated carbocycles. The average Bonchev–Trinajstić information content (AvgIpc) is 3.11. The fraction of sp³-hybridized carbons (Fsp3) is 0.0455. The normalized spacial score (nSPS) is 11.4. The van der Waals surface area contributed by atoms with Crippen molar-refractivity contribution in [2.45, 2.75) is 6.42 Å². The van der Waals surface area contributed by atoms with Crippen LogP contribution >= 0.6 is 0 Å². The Kier molecular flexibility index (Phi) is 3.52. The van der Waals surface area contributed by atoms with E-state index >= 15 is 0 Å². The number of non-ortho nitro benzene ring substituents is 1. The third-order valence-corrected chi connectivity index (χ3v) is 5.10. The van der Waals surface area contributed by atoms with Crippen LogP contribution in [0.1, 0.15) is 11.1 Å². The summed E-state index contributed by atoms with van der Waals surface area (Å²) in [5, 5.41) is 12.6. The summed E-state index contributed by atoms with van der Waals surface area (Å²) in [6, 6.07) is 21.8. The van der Waals surface area contributed by atoms with Gasteiger partial charge in [0.15, 0.2) is 0 Å². The lowest BCUT2D eigenvalue weighted by molar-refractivity contribution is -0.384. The van der Waals surface area contributed by atoms with E-state index in [9.17, 15) is 14.9 Å². The van der Waals surface area contributed by atoms with Gasteiger partial charge in [-0.3, -0.25) is 19.3 Å². The highest BCUT2D eigenvalue weighted by Crippen LogP contribution is 2.27. The van der Waals surface area contributed by atoms with Crippen molar-refractivity contribution in [2.24, 2.45) is 0 Å². The fourth-order valence-electron chi connectivity index (χ4n) is 3.84. The molecular weight excluding hydrogens is 354 g/mol. The number of aromatic nitrogens is 2. The predicted molar refractivity (Wildman–Crippen MR) is 109 cm³/mol. The molecule has 0 aliphatic rings. The standard InChI is InChI=1S/C22H15N3O3/c26-22-17-9-2-1-8-16(17)18(13-14-6-5-7-15(12-14)25(27)28)21-23-19-10-3-4-11-20(19)24(21)22/h1-12,23H,13H2. The maximum absolute atomic E-state index is 13.2. The van der Waals surface area contributed by atoms with Crippen LogP contribution in [-0.4, -0.2) is 14.3 Å². The monoisotopic (exact) mass is 369 g/mol. The van der Waals surface area contributed by atoms with E-state index < -0.39 is 4.92 Å². The Hall–Kier alpha value is -3.93. The third kappa shape index (κ3) is 2.39. The second kappa shape index (κ2) is 6.06. The molecule has 2 heterocycles. The van der Waals surface area contributed by atoms with E-state index in [0.717, 1.165) is 33.2 Å². The lowest BCUT2D eigenvalue weighted by atomic mass is 9.99. The van der Waals surface area contributed by atoms with Gasteiger partial charge in [-0.25, -0.2) is 0 Å². The molecule has 5 rings (SSSR count). The molecule has 1 N–H and O–H groups in total. The van der Waals surface area contributed by atoms with E-state index in [1.165, 1.54) is 6.07 Å². The Balaban J connectivity index is 1.86. The van der Waals surface area contributed by atoms with Crippen molar-refractivity contribution in [1.29, 1.82) is 0 Å². The molecule has 0 spiro atoms. The second-order valence-corrected chi connectivity index (χ2v) is 6.76. The minimum Gasteiger partial charge on any atom is -0.339 e. The quantitative estimate of drug-likeness (QED) is 0.377. The number of nitro benzene ring substituents is 1. The average molecular weight is 369 g/mol. The molecule has 0 aliphatic carbocycles. The Morgan fingerprint density at radius 3 is 2.50 bits per heavy atom. The molecule has 0 fully saturated rings. The number of rotatable bonds is 3. The number of aromatic amines is 1. The molecule has 2 aromatic heterocycles. The van der Waals surface area contributed by atoms with E-state index in [1.807, 2.05) is 54.6 Å². The summed E-state index contributed by atoms with van der Waals surface area (Å²) in [4.78, 5) is 27.3. The highest BCUT2D eigenvalue weighted by Gasteiger charge is 2.16.